The Hall–Kier alpha value is -0.250. The maximum atomic E-state index is 12.1. The Morgan fingerprint density at radius 2 is 1.85 bits per heavy atom. The van der Waals surface area contributed by atoms with E-state index in [2.05, 4.69) is 0 Å². The number of rotatable bonds is 2. The molecule has 0 bridgehead atoms. The van der Waals surface area contributed by atoms with E-state index in [1.54, 1.807) is 6.92 Å². The molecule has 2 N–H and O–H groups in total. The minimum Gasteiger partial charge on any atom is -0.388 e. The Morgan fingerprint density at radius 1 is 1.30 bits per heavy atom. The van der Waals surface area contributed by atoms with Gasteiger partial charge < -0.3 is 14.9 Å². The van der Waals surface area contributed by atoms with E-state index in [0.29, 0.717) is 32.4 Å². The molecule has 8 heteroatoms. The molecule has 2 rings (SSSR count). The summed E-state index contributed by atoms with van der Waals surface area (Å²) in [4.78, 5) is 0. The van der Waals surface area contributed by atoms with E-state index in [4.69, 9.17) is 4.74 Å². The fourth-order valence-corrected chi connectivity index (χ4v) is 4.04. The smallest absolute Gasteiger partial charge is 0.281 e. The van der Waals surface area contributed by atoms with Crippen molar-refractivity contribution >= 4 is 10.2 Å². The van der Waals surface area contributed by atoms with Gasteiger partial charge in [0.05, 0.1) is 17.8 Å². The van der Waals surface area contributed by atoms with Gasteiger partial charge in [-0.3, -0.25) is 0 Å². The second kappa shape index (κ2) is 5.19. The van der Waals surface area contributed by atoms with Crippen molar-refractivity contribution in [1.29, 1.82) is 0 Å². The zero-order chi connectivity index (χ0) is 15.2. The summed E-state index contributed by atoms with van der Waals surface area (Å²) in [6, 6.07) is 0. The SMILES string of the molecule is CN(C)S(=O)(=O)N1CCC2(CC1)C[C@](C)(O)[C@@H](O)CO2. The minimum atomic E-state index is -3.40. The number of piperidine rings is 1. The van der Waals surface area contributed by atoms with Crippen LogP contribution in [0.25, 0.3) is 0 Å². The first-order valence-corrected chi connectivity index (χ1v) is 8.21. The molecule has 2 aliphatic rings. The van der Waals surface area contributed by atoms with Crippen LogP contribution in [0, 0.1) is 0 Å². The van der Waals surface area contributed by atoms with Crippen molar-refractivity contribution in [2.45, 2.75) is 43.5 Å². The van der Waals surface area contributed by atoms with Gasteiger partial charge in [0.25, 0.3) is 10.2 Å². The fraction of sp³-hybridized carbons (Fsp3) is 1.00. The lowest BCUT2D eigenvalue weighted by molar-refractivity contribution is -0.220. The topological polar surface area (TPSA) is 90.3 Å². The Morgan fingerprint density at radius 3 is 2.30 bits per heavy atom. The number of aliphatic hydroxyl groups is 2. The molecule has 0 aromatic heterocycles. The summed E-state index contributed by atoms with van der Waals surface area (Å²) in [5, 5.41) is 19.9. The average molecular weight is 308 g/mol. The summed E-state index contributed by atoms with van der Waals surface area (Å²) in [7, 11) is -0.372. The molecule has 0 saturated carbocycles. The molecule has 0 amide bonds. The highest BCUT2D eigenvalue weighted by molar-refractivity contribution is 7.86. The average Bonchev–Trinajstić information content (AvgIpc) is 2.34. The van der Waals surface area contributed by atoms with Crippen LogP contribution in [0.5, 0.6) is 0 Å². The third kappa shape index (κ3) is 2.86. The molecule has 0 radical (unpaired) electrons. The van der Waals surface area contributed by atoms with Crippen LogP contribution < -0.4 is 0 Å². The Balaban J connectivity index is 2.05. The lowest BCUT2D eigenvalue weighted by Crippen LogP contribution is -2.60. The van der Waals surface area contributed by atoms with Crippen LogP contribution in [0.1, 0.15) is 26.2 Å². The summed E-state index contributed by atoms with van der Waals surface area (Å²) in [6.07, 6.45) is 0.500. The van der Waals surface area contributed by atoms with E-state index in [9.17, 15) is 18.6 Å². The summed E-state index contributed by atoms with van der Waals surface area (Å²) >= 11 is 0. The number of hydrogen-bond donors (Lipinski definition) is 2. The monoisotopic (exact) mass is 308 g/mol. The number of aliphatic hydroxyl groups excluding tert-OH is 1. The molecule has 0 aromatic rings. The van der Waals surface area contributed by atoms with E-state index in [1.807, 2.05) is 0 Å². The highest BCUT2D eigenvalue weighted by Crippen LogP contribution is 2.40. The molecular formula is C12H24N2O5S. The number of nitrogens with zero attached hydrogens (tertiary/aromatic N) is 2. The van der Waals surface area contributed by atoms with Gasteiger partial charge in [-0.25, -0.2) is 0 Å². The predicted octanol–water partition coefficient (Wildman–Crippen LogP) is -0.840. The van der Waals surface area contributed by atoms with Crippen LogP contribution in [0.3, 0.4) is 0 Å². The fourth-order valence-electron chi connectivity index (χ4n) is 2.93. The molecular weight excluding hydrogens is 284 g/mol. The Kier molecular flexibility index (Phi) is 4.18. The molecule has 0 aliphatic carbocycles. The normalized spacial score (nSPS) is 35.6. The van der Waals surface area contributed by atoms with Crippen molar-refractivity contribution in [1.82, 2.24) is 8.61 Å². The van der Waals surface area contributed by atoms with Crippen LogP contribution in [0.2, 0.25) is 0 Å². The van der Waals surface area contributed by atoms with Gasteiger partial charge >= 0.3 is 0 Å². The van der Waals surface area contributed by atoms with Gasteiger partial charge in [-0.1, -0.05) is 0 Å². The maximum absolute atomic E-state index is 12.1. The second-order valence-corrected chi connectivity index (χ2v) is 8.38. The minimum absolute atomic E-state index is 0.0907. The zero-order valence-electron chi connectivity index (χ0n) is 12.2. The van der Waals surface area contributed by atoms with Crippen LogP contribution in [0.4, 0.5) is 0 Å². The summed E-state index contributed by atoms with van der Waals surface area (Å²) in [5.41, 5.74) is -1.71. The Labute approximate surface area is 120 Å². The van der Waals surface area contributed by atoms with Crippen LogP contribution >= 0.6 is 0 Å². The lowest BCUT2D eigenvalue weighted by atomic mass is 9.77. The molecule has 2 saturated heterocycles. The van der Waals surface area contributed by atoms with Crippen molar-refractivity contribution in [2.24, 2.45) is 0 Å². The number of hydrogen-bond acceptors (Lipinski definition) is 5. The third-order valence-corrected chi connectivity index (χ3v) is 6.31. The van der Waals surface area contributed by atoms with Gasteiger partial charge in [0.2, 0.25) is 0 Å². The molecule has 2 aliphatic heterocycles. The quantitative estimate of drug-likeness (QED) is 0.694. The first-order valence-electron chi connectivity index (χ1n) is 6.81. The Bertz CT molecular complexity index is 454. The van der Waals surface area contributed by atoms with E-state index >= 15 is 0 Å². The van der Waals surface area contributed by atoms with Crippen LogP contribution in [-0.4, -0.2) is 78.3 Å². The molecule has 20 heavy (non-hydrogen) atoms. The van der Waals surface area contributed by atoms with Crippen LogP contribution in [0.15, 0.2) is 0 Å². The third-order valence-electron chi connectivity index (χ3n) is 4.37. The van der Waals surface area contributed by atoms with E-state index in [1.165, 1.54) is 22.7 Å². The standard InChI is InChI=1S/C12H24N2O5S/c1-11(16)9-12(19-8-10(11)15)4-6-14(7-5-12)20(17,18)13(2)3/h10,15-16H,4-9H2,1-3H3/t10-,11-/m0/s1. The lowest BCUT2D eigenvalue weighted by Gasteiger charge is -2.49. The first kappa shape index (κ1) is 16.1. The predicted molar refractivity (Wildman–Crippen MR) is 73.3 cm³/mol. The second-order valence-electron chi connectivity index (χ2n) is 6.23. The highest BCUT2D eigenvalue weighted by Gasteiger charge is 2.49. The zero-order valence-corrected chi connectivity index (χ0v) is 13.1. The van der Waals surface area contributed by atoms with Crippen molar-refractivity contribution < 1.29 is 23.4 Å². The molecule has 2 atom stereocenters. The molecule has 1 spiro atoms. The first-order chi connectivity index (χ1) is 9.09. The maximum Gasteiger partial charge on any atom is 0.281 e. The van der Waals surface area contributed by atoms with Crippen molar-refractivity contribution in [3.8, 4) is 0 Å². The van der Waals surface area contributed by atoms with Gasteiger partial charge in [0, 0.05) is 33.6 Å². The van der Waals surface area contributed by atoms with Gasteiger partial charge in [0.1, 0.15) is 6.10 Å². The van der Waals surface area contributed by atoms with Gasteiger partial charge in [-0.15, -0.1) is 0 Å². The summed E-state index contributed by atoms with van der Waals surface area (Å²) in [6.45, 7) is 2.43. The summed E-state index contributed by atoms with van der Waals surface area (Å²) in [5.74, 6) is 0. The summed E-state index contributed by atoms with van der Waals surface area (Å²) < 4.78 is 32.5. The van der Waals surface area contributed by atoms with Crippen molar-refractivity contribution in [2.75, 3.05) is 33.8 Å². The van der Waals surface area contributed by atoms with E-state index < -0.39 is 27.5 Å². The number of ether oxygens (including phenoxy) is 1. The largest absolute Gasteiger partial charge is 0.388 e. The molecule has 2 heterocycles. The van der Waals surface area contributed by atoms with Crippen LogP contribution in [-0.2, 0) is 14.9 Å². The molecule has 0 aromatic carbocycles. The van der Waals surface area contributed by atoms with Crippen molar-refractivity contribution in [3.05, 3.63) is 0 Å². The highest BCUT2D eigenvalue weighted by atomic mass is 32.2. The molecule has 118 valence electrons. The van der Waals surface area contributed by atoms with Gasteiger partial charge in [-0.05, 0) is 19.8 Å². The molecule has 2 fully saturated rings. The molecule has 7 nitrogen and oxygen atoms in total. The van der Waals surface area contributed by atoms with Gasteiger partial charge in [-0.2, -0.15) is 17.0 Å². The van der Waals surface area contributed by atoms with Gasteiger partial charge in [0.15, 0.2) is 0 Å². The van der Waals surface area contributed by atoms with Crippen molar-refractivity contribution in [3.63, 3.8) is 0 Å². The van der Waals surface area contributed by atoms with E-state index in [0.717, 1.165) is 0 Å². The van der Waals surface area contributed by atoms with E-state index in [-0.39, 0.29) is 6.61 Å². The molecule has 0 unspecified atom stereocenters.